The lowest BCUT2D eigenvalue weighted by Gasteiger charge is -2.30. The van der Waals surface area contributed by atoms with E-state index in [4.69, 9.17) is 4.74 Å². The van der Waals surface area contributed by atoms with Crippen LogP contribution < -0.4 is 0 Å². The van der Waals surface area contributed by atoms with Crippen molar-refractivity contribution in [2.75, 3.05) is 6.61 Å². The molecule has 0 amide bonds. The summed E-state index contributed by atoms with van der Waals surface area (Å²) in [4.78, 5) is 26.4. The lowest BCUT2D eigenvalue weighted by atomic mass is 9.93. The van der Waals surface area contributed by atoms with Crippen molar-refractivity contribution in [1.82, 2.24) is 4.98 Å². The molecule has 0 fully saturated rings. The van der Waals surface area contributed by atoms with E-state index in [1.165, 1.54) is 0 Å². The molecule has 0 radical (unpaired) electrons. The number of fused-ring (bicyclic) bond motifs is 1. The molecule has 3 rings (SSSR count). The molecule has 6 heteroatoms. The molecule has 30 heavy (non-hydrogen) atoms. The Morgan fingerprint density at radius 3 is 2.50 bits per heavy atom. The molecule has 5 nitrogen and oxygen atoms in total. The van der Waals surface area contributed by atoms with Gasteiger partial charge < -0.3 is 14.6 Å². The number of hydrogen-bond donors (Lipinski definition) is 2. The molecule has 1 heterocycles. The maximum absolute atomic E-state index is 13.7. The number of aromatic nitrogens is 1. The van der Waals surface area contributed by atoms with E-state index < -0.39 is 13.0 Å². The maximum Gasteiger partial charge on any atom is 0.305 e. The van der Waals surface area contributed by atoms with Crippen LogP contribution in [0.3, 0.4) is 0 Å². The first-order valence-corrected chi connectivity index (χ1v) is 12.4. The average molecular weight is 427 g/mol. The van der Waals surface area contributed by atoms with Crippen molar-refractivity contribution in [3.05, 3.63) is 71.9 Å². The number of esters is 1. The molecule has 1 aromatic heterocycles. The summed E-state index contributed by atoms with van der Waals surface area (Å²) in [6.45, 7) is 3.86. The summed E-state index contributed by atoms with van der Waals surface area (Å²) in [5.41, 5.74) is 2.22. The number of carbonyl (C=O) groups excluding carboxylic acids is 1. The Kier molecular flexibility index (Phi) is 7.52. The van der Waals surface area contributed by atoms with Gasteiger partial charge in [-0.1, -0.05) is 68.8 Å². The number of carbonyl (C=O) groups is 1. The zero-order valence-corrected chi connectivity index (χ0v) is 18.5. The Balaban J connectivity index is 2.01. The predicted molar refractivity (Wildman–Crippen MR) is 121 cm³/mol. The van der Waals surface area contributed by atoms with Gasteiger partial charge in [-0.2, -0.15) is 0 Å². The summed E-state index contributed by atoms with van der Waals surface area (Å²) in [7, 11) is -3.59. The van der Waals surface area contributed by atoms with Crippen LogP contribution in [-0.2, 0) is 20.3 Å². The van der Waals surface area contributed by atoms with Gasteiger partial charge in [0.2, 0.25) is 7.37 Å². The van der Waals surface area contributed by atoms with Crippen LogP contribution in [0, 0.1) is 0 Å². The fourth-order valence-electron chi connectivity index (χ4n) is 4.04. The maximum atomic E-state index is 13.7. The Morgan fingerprint density at radius 1 is 1.10 bits per heavy atom. The van der Waals surface area contributed by atoms with Crippen LogP contribution >= 0.6 is 7.37 Å². The average Bonchev–Trinajstić information content (AvgIpc) is 3.17. The van der Waals surface area contributed by atoms with Crippen molar-refractivity contribution >= 4 is 24.2 Å². The van der Waals surface area contributed by atoms with Crippen molar-refractivity contribution in [2.24, 2.45) is 0 Å². The minimum absolute atomic E-state index is 0.0958. The summed E-state index contributed by atoms with van der Waals surface area (Å²) < 4.78 is 19.2. The zero-order chi connectivity index (χ0) is 21.6. The summed E-state index contributed by atoms with van der Waals surface area (Å²) >= 11 is 0. The Morgan fingerprint density at radius 2 is 1.80 bits per heavy atom. The summed E-state index contributed by atoms with van der Waals surface area (Å²) in [5.74, 6) is -0.665. The van der Waals surface area contributed by atoms with Crippen molar-refractivity contribution in [3.63, 3.8) is 0 Å². The van der Waals surface area contributed by atoms with Gasteiger partial charge in [0.15, 0.2) is 0 Å². The molecular weight excluding hydrogens is 397 g/mol. The van der Waals surface area contributed by atoms with Gasteiger partial charge in [-0.05, 0) is 23.6 Å². The van der Waals surface area contributed by atoms with Crippen LogP contribution in [0.15, 0.2) is 60.8 Å². The molecule has 0 saturated carbocycles. The van der Waals surface area contributed by atoms with E-state index in [9.17, 15) is 14.3 Å². The normalized spacial score (nSPS) is 15.4. The molecule has 0 bridgehead atoms. The minimum Gasteiger partial charge on any atom is -0.465 e. The summed E-state index contributed by atoms with van der Waals surface area (Å²) in [6, 6.07) is 17.3. The van der Waals surface area contributed by atoms with Crippen LogP contribution in [0.5, 0.6) is 0 Å². The standard InChI is InChI=1S/C24H30NO4P/c1-3-10-23(30(27,28)17-18-11-6-5-7-12-18)21(16-29-24(26)4-2)20-15-25-22-14-9-8-13-19(20)22/h5-9,11-15,21,23,25H,3-4,10,16-17H2,1-2H3,(H,27,28). The second kappa shape index (κ2) is 10.1. The van der Waals surface area contributed by atoms with Crippen LogP contribution in [0.25, 0.3) is 10.9 Å². The first-order chi connectivity index (χ1) is 14.5. The number of hydrogen-bond acceptors (Lipinski definition) is 3. The first kappa shape index (κ1) is 22.3. The molecular formula is C24H30NO4P. The molecule has 0 aliphatic carbocycles. The van der Waals surface area contributed by atoms with E-state index in [0.717, 1.165) is 28.5 Å². The third kappa shape index (κ3) is 5.21. The zero-order valence-electron chi connectivity index (χ0n) is 17.6. The quantitative estimate of drug-likeness (QED) is 0.314. The molecule has 2 N–H and O–H groups in total. The van der Waals surface area contributed by atoms with E-state index in [-0.39, 0.29) is 31.1 Å². The predicted octanol–water partition coefficient (Wildman–Crippen LogP) is 5.84. The van der Waals surface area contributed by atoms with Gasteiger partial charge in [0.1, 0.15) is 0 Å². The molecule has 3 atom stereocenters. The fourth-order valence-corrected chi connectivity index (χ4v) is 6.47. The topological polar surface area (TPSA) is 79.4 Å². The molecule has 160 valence electrons. The van der Waals surface area contributed by atoms with Crippen molar-refractivity contribution in [1.29, 1.82) is 0 Å². The number of aromatic amines is 1. The first-order valence-electron chi connectivity index (χ1n) is 10.5. The lowest BCUT2D eigenvalue weighted by Crippen LogP contribution is -2.25. The van der Waals surface area contributed by atoms with E-state index >= 15 is 0 Å². The Bertz CT molecular complexity index is 1010. The molecule has 2 aromatic carbocycles. The van der Waals surface area contributed by atoms with E-state index in [2.05, 4.69) is 4.98 Å². The number of H-pyrrole nitrogens is 1. The summed E-state index contributed by atoms with van der Waals surface area (Å²) in [5, 5.41) is 0.996. The molecule has 0 aliphatic heterocycles. The van der Waals surface area contributed by atoms with Gasteiger partial charge in [-0.15, -0.1) is 0 Å². The Labute approximate surface area is 177 Å². The van der Waals surface area contributed by atoms with Crippen molar-refractivity contribution < 1.29 is 19.0 Å². The lowest BCUT2D eigenvalue weighted by molar-refractivity contribution is -0.143. The molecule has 3 unspecified atom stereocenters. The molecule has 0 saturated heterocycles. The van der Waals surface area contributed by atoms with E-state index in [1.807, 2.05) is 67.7 Å². The van der Waals surface area contributed by atoms with Crippen LogP contribution in [0.2, 0.25) is 0 Å². The smallest absolute Gasteiger partial charge is 0.305 e. The highest BCUT2D eigenvalue weighted by Crippen LogP contribution is 2.56. The minimum atomic E-state index is -3.59. The monoisotopic (exact) mass is 427 g/mol. The second-order valence-electron chi connectivity index (χ2n) is 7.69. The molecule has 3 aromatic rings. The fraction of sp³-hybridized carbons (Fsp3) is 0.375. The summed E-state index contributed by atoms with van der Waals surface area (Å²) in [6.07, 6.45) is 3.62. The SMILES string of the molecule is CCCC(C(COC(=O)CC)c1c[nH]c2ccccc12)P(=O)(O)Cc1ccccc1. The number of rotatable bonds is 10. The van der Waals surface area contributed by atoms with Crippen molar-refractivity contribution in [2.45, 2.75) is 50.8 Å². The van der Waals surface area contributed by atoms with Gasteiger partial charge in [0.05, 0.1) is 6.61 Å². The highest BCUT2D eigenvalue weighted by atomic mass is 31.2. The van der Waals surface area contributed by atoms with Crippen LogP contribution in [-0.4, -0.2) is 28.1 Å². The highest BCUT2D eigenvalue weighted by molar-refractivity contribution is 7.58. The molecule has 0 spiro atoms. The van der Waals surface area contributed by atoms with Gasteiger partial charge in [-0.3, -0.25) is 9.36 Å². The van der Waals surface area contributed by atoms with Crippen LogP contribution in [0.4, 0.5) is 0 Å². The van der Waals surface area contributed by atoms with Crippen LogP contribution in [0.1, 0.15) is 50.2 Å². The van der Waals surface area contributed by atoms with Gasteiger partial charge in [0.25, 0.3) is 0 Å². The number of benzene rings is 2. The number of nitrogens with one attached hydrogen (secondary N) is 1. The number of para-hydroxylation sites is 1. The third-order valence-electron chi connectivity index (χ3n) is 5.55. The third-order valence-corrected chi connectivity index (χ3v) is 8.03. The number of ether oxygens (including phenoxy) is 1. The molecule has 0 aliphatic rings. The highest BCUT2D eigenvalue weighted by Gasteiger charge is 2.39. The van der Waals surface area contributed by atoms with Gasteiger partial charge in [0, 0.05) is 41.3 Å². The van der Waals surface area contributed by atoms with Gasteiger partial charge >= 0.3 is 5.97 Å². The Hall–Kier alpha value is -2.36. The van der Waals surface area contributed by atoms with Crippen molar-refractivity contribution in [3.8, 4) is 0 Å². The van der Waals surface area contributed by atoms with E-state index in [1.54, 1.807) is 6.92 Å². The van der Waals surface area contributed by atoms with E-state index in [0.29, 0.717) is 6.42 Å². The second-order valence-corrected chi connectivity index (χ2v) is 10.2. The largest absolute Gasteiger partial charge is 0.465 e. The van der Waals surface area contributed by atoms with Gasteiger partial charge in [-0.25, -0.2) is 0 Å².